The molecule has 3 rings (SSSR count). The van der Waals surface area contributed by atoms with Gasteiger partial charge in [-0.05, 0) is 76.5 Å². The molecule has 0 bridgehead atoms. The fourth-order valence-corrected chi connectivity index (χ4v) is 4.01. The molecule has 0 unspecified atom stereocenters. The number of hydrogen-bond acceptors (Lipinski definition) is 4. The number of phenols is 1. The predicted octanol–water partition coefficient (Wildman–Crippen LogP) is 2.79. The molecule has 0 spiro atoms. The minimum Gasteiger partial charge on any atom is -0.507 e. The number of phenolic OH excluding ortho intramolecular Hbond substituents is 1. The summed E-state index contributed by atoms with van der Waals surface area (Å²) in [7, 11) is 0. The average Bonchev–Trinajstić information content (AvgIpc) is 2.60. The van der Waals surface area contributed by atoms with E-state index in [9.17, 15) is 9.90 Å². The highest BCUT2D eigenvalue weighted by molar-refractivity contribution is 5.86. The highest BCUT2D eigenvalue weighted by Crippen LogP contribution is 2.43. The Bertz CT molecular complexity index is 693. The van der Waals surface area contributed by atoms with Crippen LogP contribution in [0.25, 0.3) is 0 Å². The van der Waals surface area contributed by atoms with E-state index in [2.05, 4.69) is 5.32 Å². The lowest BCUT2D eigenvalue weighted by Crippen LogP contribution is -2.54. The van der Waals surface area contributed by atoms with Crippen molar-refractivity contribution in [1.29, 1.82) is 0 Å². The van der Waals surface area contributed by atoms with Crippen molar-refractivity contribution in [3.8, 4) is 11.5 Å². The van der Waals surface area contributed by atoms with E-state index in [0.29, 0.717) is 12.2 Å². The van der Waals surface area contributed by atoms with Gasteiger partial charge in [0.15, 0.2) is 5.60 Å². The number of hydrogen-bond donors (Lipinski definition) is 3. The van der Waals surface area contributed by atoms with Crippen molar-refractivity contribution in [2.24, 2.45) is 5.73 Å². The van der Waals surface area contributed by atoms with Gasteiger partial charge < -0.3 is 20.9 Å². The van der Waals surface area contributed by atoms with E-state index in [1.165, 1.54) is 0 Å². The third kappa shape index (κ3) is 3.22. The van der Waals surface area contributed by atoms with E-state index in [0.717, 1.165) is 60.1 Å². The summed E-state index contributed by atoms with van der Waals surface area (Å²) in [6, 6.07) is 0.460. The van der Waals surface area contributed by atoms with E-state index in [-0.39, 0.29) is 18.0 Å². The van der Waals surface area contributed by atoms with Gasteiger partial charge in [-0.15, -0.1) is 0 Å². The number of ether oxygens (including phenoxy) is 1. The molecule has 1 aliphatic heterocycles. The zero-order valence-electron chi connectivity index (χ0n) is 15.7. The molecule has 0 radical (unpaired) electrons. The second kappa shape index (κ2) is 6.52. The molecular weight excluding hydrogens is 316 g/mol. The Morgan fingerprint density at radius 1 is 1.16 bits per heavy atom. The zero-order valence-corrected chi connectivity index (χ0v) is 15.7. The van der Waals surface area contributed by atoms with Crippen LogP contribution in [0.4, 0.5) is 0 Å². The highest BCUT2D eigenvalue weighted by atomic mass is 16.5. The number of nitrogens with one attached hydrogen (secondary N) is 1. The molecule has 4 N–H and O–H groups in total. The molecule has 0 saturated heterocycles. The van der Waals surface area contributed by atoms with Crippen molar-refractivity contribution < 1.29 is 14.6 Å². The predicted molar refractivity (Wildman–Crippen MR) is 98.0 cm³/mol. The number of benzene rings is 1. The van der Waals surface area contributed by atoms with Crippen LogP contribution in [0.5, 0.6) is 11.5 Å². The fraction of sp³-hybridized carbons (Fsp3) is 0.650. The minimum absolute atomic E-state index is 0.0404. The van der Waals surface area contributed by atoms with Crippen molar-refractivity contribution in [2.45, 2.75) is 83.9 Å². The van der Waals surface area contributed by atoms with Crippen LogP contribution in [-0.2, 0) is 11.2 Å². The monoisotopic (exact) mass is 346 g/mol. The topological polar surface area (TPSA) is 84.6 Å². The third-order valence-electron chi connectivity index (χ3n) is 6.11. The summed E-state index contributed by atoms with van der Waals surface area (Å²) in [6.45, 7) is 7.62. The second-order valence-electron chi connectivity index (χ2n) is 7.95. The van der Waals surface area contributed by atoms with Gasteiger partial charge in [0.2, 0.25) is 0 Å². The Balaban J connectivity index is 1.80. The van der Waals surface area contributed by atoms with Gasteiger partial charge in [-0.3, -0.25) is 4.79 Å². The van der Waals surface area contributed by atoms with Crippen LogP contribution < -0.4 is 15.8 Å². The standard InChI is InChI=1S/C20H30N2O3/c1-11-12(2)18-16(13(3)17(11)23)9-10-20(4,25-18)19(24)22-15-7-5-14(21)6-8-15/h14-15,23H,5-10,21H2,1-4H3,(H,22,24)/t14-,15-,20-/m1/s1. The smallest absolute Gasteiger partial charge is 0.264 e. The Morgan fingerprint density at radius 2 is 1.80 bits per heavy atom. The number of fused-ring (bicyclic) bond motifs is 1. The number of carbonyl (C=O) groups is 1. The molecule has 2 aliphatic rings. The van der Waals surface area contributed by atoms with Gasteiger partial charge in [-0.2, -0.15) is 0 Å². The Hall–Kier alpha value is -1.75. The molecule has 1 amide bonds. The molecule has 138 valence electrons. The number of rotatable bonds is 2. The van der Waals surface area contributed by atoms with Crippen LogP contribution in [-0.4, -0.2) is 28.7 Å². The van der Waals surface area contributed by atoms with Crippen molar-refractivity contribution in [2.75, 3.05) is 0 Å². The lowest BCUT2D eigenvalue weighted by Gasteiger charge is -2.38. The van der Waals surface area contributed by atoms with Crippen molar-refractivity contribution >= 4 is 5.91 Å². The summed E-state index contributed by atoms with van der Waals surface area (Å²) in [5.74, 6) is 1.07. The third-order valence-corrected chi connectivity index (χ3v) is 6.11. The van der Waals surface area contributed by atoms with E-state index in [4.69, 9.17) is 10.5 Å². The van der Waals surface area contributed by atoms with Gasteiger partial charge in [0.25, 0.3) is 5.91 Å². The lowest BCUT2D eigenvalue weighted by atomic mass is 9.86. The largest absolute Gasteiger partial charge is 0.507 e. The van der Waals surface area contributed by atoms with Gasteiger partial charge >= 0.3 is 0 Å². The number of carbonyl (C=O) groups excluding carboxylic acids is 1. The molecular formula is C20H30N2O3. The van der Waals surface area contributed by atoms with Crippen LogP contribution >= 0.6 is 0 Å². The summed E-state index contributed by atoms with van der Waals surface area (Å²) < 4.78 is 6.24. The summed E-state index contributed by atoms with van der Waals surface area (Å²) in [6.07, 6.45) is 5.13. The van der Waals surface area contributed by atoms with Gasteiger partial charge in [-0.1, -0.05) is 0 Å². The first kappa shape index (κ1) is 18.1. The molecule has 0 aromatic heterocycles. The summed E-state index contributed by atoms with van der Waals surface area (Å²) >= 11 is 0. The molecule has 5 nitrogen and oxygen atoms in total. The molecule has 1 saturated carbocycles. The summed E-state index contributed by atoms with van der Waals surface area (Å²) in [5, 5.41) is 13.4. The Kier molecular flexibility index (Phi) is 4.71. The number of amides is 1. The first-order valence-electron chi connectivity index (χ1n) is 9.30. The molecule has 1 fully saturated rings. The second-order valence-corrected chi connectivity index (χ2v) is 7.95. The highest BCUT2D eigenvalue weighted by Gasteiger charge is 2.41. The molecule has 1 aromatic carbocycles. The lowest BCUT2D eigenvalue weighted by molar-refractivity contribution is -0.138. The number of aromatic hydroxyl groups is 1. The van der Waals surface area contributed by atoms with Crippen LogP contribution in [0.2, 0.25) is 0 Å². The van der Waals surface area contributed by atoms with Crippen LogP contribution in [0, 0.1) is 20.8 Å². The van der Waals surface area contributed by atoms with Crippen molar-refractivity contribution in [3.63, 3.8) is 0 Å². The Morgan fingerprint density at radius 3 is 2.44 bits per heavy atom. The maximum Gasteiger partial charge on any atom is 0.264 e. The molecule has 1 aromatic rings. The van der Waals surface area contributed by atoms with Crippen LogP contribution in [0.1, 0.15) is 61.3 Å². The van der Waals surface area contributed by atoms with Crippen molar-refractivity contribution in [1.82, 2.24) is 5.32 Å². The van der Waals surface area contributed by atoms with Gasteiger partial charge in [0.05, 0.1) is 0 Å². The maximum atomic E-state index is 12.9. The molecule has 1 heterocycles. The number of nitrogens with two attached hydrogens (primary N) is 1. The van der Waals surface area contributed by atoms with Gasteiger partial charge in [0.1, 0.15) is 11.5 Å². The maximum absolute atomic E-state index is 12.9. The molecule has 25 heavy (non-hydrogen) atoms. The normalized spacial score (nSPS) is 28.8. The van der Waals surface area contributed by atoms with Crippen LogP contribution in [0.15, 0.2) is 0 Å². The first-order valence-corrected chi connectivity index (χ1v) is 9.30. The van der Waals surface area contributed by atoms with Gasteiger partial charge in [-0.25, -0.2) is 0 Å². The Labute approximate surface area is 149 Å². The molecule has 5 heteroatoms. The van der Waals surface area contributed by atoms with Crippen LogP contribution in [0.3, 0.4) is 0 Å². The minimum atomic E-state index is -0.868. The first-order chi connectivity index (χ1) is 11.7. The van der Waals surface area contributed by atoms with Gasteiger partial charge in [0, 0.05) is 24.1 Å². The quantitative estimate of drug-likeness (QED) is 0.769. The van der Waals surface area contributed by atoms with E-state index in [1.54, 1.807) is 0 Å². The van der Waals surface area contributed by atoms with E-state index < -0.39 is 5.60 Å². The summed E-state index contributed by atoms with van der Waals surface area (Å²) in [5.41, 5.74) is 8.71. The average molecular weight is 346 g/mol. The zero-order chi connectivity index (χ0) is 18.4. The van der Waals surface area contributed by atoms with Crippen molar-refractivity contribution in [3.05, 3.63) is 22.3 Å². The van der Waals surface area contributed by atoms with E-state index >= 15 is 0 Å². The molecule has 1 atom stereocenters. The molecule has 1 aliphatic carbocycles. The summed E-state index contributed by atoms with van der Waals surface area (Å²) in [4.78, 5) is 12.9. The fourth-order valence-electron chi connectivity index (χ4n) is 4.01. The SMILES string of the molecule is Cc1c(C)c2c(c(C)c1O)CC[C@](C)(C(=O)N[C@H]1CC[C@H](N)CC1)O2. The van der Waals surface area contributed by atoms with E-state index in [1.807, 2.05) is 27.7 Å².